The summed E-state index contributed by atoms with van der Waals surface area (Å²) in [5.74, 6) is -0.816. The maximum absolute atomic E-state index is 13.3. The smallest absolute Gasteiger partial charge is 0.274 e. The number of carbonyl (C=O) groups excluding carboxylic acids is 2. The summed E-state index contributed by atoms with van der Waals surface area (Å²) in [6.45, 7) is 2.71. The van der Waals surface area contributed by atoms with Crippen LogP contribution in [0.15, 0.2) is 28.3 Å². The van der Waals surface area contributed by atoms with Gasteiger partial charge in [-0.2, -0.15) is 0 Å². The number of nitrogens with one attached hydrogen (secondary N) is 1. The van der Waals surface area contributed by atoms with Crippen LogP contribution in [0.4, 0.5) is 0 Å². The van der Waals surface area contributed by atoms with Crippen LogP contribution < -0.4 is 10.9 Å². The summed E-state index contributed by atoms with van der Waals surface area (Å²) in [4.78, 5) is 44.8. The fraction of sp³-hybridized carbons (Fsp3) is 0.455. The van der Waals surface area contributed by atoms with E-state index in [-0.39, 0.29) is 11.3 Å². The first-order chi connectivity index (χ1) is 15.0. The molecule has 2 amide bonds. The van der Waals surface area contributed by atoms with Crippen molar-refractivity contribution in [2.75, 3.05) is 5.75 Å². The second kappa shape index (κ2) is 9.40. The van der Waals surface area contributed by atoms with Gasteiger partial charge in [0.25, 0.3) is 11.5 Å². The molecule has 1 aliphatic rings. The number of thioether (sulfide) groups is 1. The molecule has 0 spiro atoms. The summed E-state index contributed by atoms with van der Waals surface area (Å²) in [6, 6.07) is 3.41. The fourth-order valence-corrected chi connectivity index (χ4v) is 6.07. The molecule has 0 saturated heterocycles. The number of nitrogens with zero attached hydrogens (tertiary/aromatic N) is 3. The first kappa shape index (κ1) is 21.8. The average Bonchev–Trinajstić information content (AvgIpc) is 3.44. The molecule has 4 rings (SSSR count). The lowest BCUT2D eigenvalue weighted by Gasteiger charge is -2.12. The van der Waals surface area contributed by atoms with Crippen LogP contribution >= 0.6 is 23.1 Å². The van der Waals surface area contributed by atoms with E-state index in [4.69, 9.17) is 4.98 Å². The van der Waals surface area contributed by atoms with E-state index < -0.39 is 11.8 Å². The Bertz CT molecular complexity index is 1190. The Morgan fingerprint density at radius 3 is 2.87 bits per heavy atom. The monoisotopic (exact) mass is 458 g/mol. The third-order valence-corrected chi connectivity index (χ3v) is 7.70. The molecule has 0 unspecified atom stereocenters. The summed E-state index contributed by atoms with van der Waals surface area (Å²) in [6.07, 6.45) is 7.78. The predicted molar refractivity (Wildman–Crippen MR) is 124 cm³/mol. The van der Waals surface area contributed by atoms with Gasteiger partial charge in [0.05, 0.1) is 11.1 Å². The highest BCUT2D eigenvalue weighted by Crippen LogP contribution is 2.35. The topological polar surface area (TPSA) is 86.0 Å². The Labute approximate surface area is 188 Å². The molecule has 1 N–H and O–H groups in total. The molecule has 3 heterocycles. The predicted octanol–water partition coefficient (Wildman–Crippen LogP) is 3.52. The van der Waals surface area contributed by atoms with Gasteiger partial charge >= 0.3 is 0 Å². The van der Waals surface area contributed by atoms with Crippen molar-refractivity contribution >= 4 is 45.1 Å². The number of fused-ring (bicyclic) bond motifs is 3. The molecule has 1 aliphatic carbocycles. The standard InChI is InChI=1S/C22H26N4O3S2/c1-3-4-5-12-26-21(29)18-14-8-6-10-16(14)31-20(18)24-22(26)30-13-17(27)23-19(28)15-9-7-11-25(15)2/h7,9,11H,3-6,8,10,12-13H2,1-2H3,(H,23,27,28). The molecular formula is C22H26N4O3S2. The quantitative estimate of drug-likeness (QED) is 0.317. The Kier molecular flexibility index (Phi) is 6.62. The van der Waals surface area contributed by atoms with Crippen molar-refractivity contribution in [3.05, 3.63) is 44.8 Å². The minimum absolute atomic E-state index is 0.00305. The molecule has 7 nitrogen and oxygen atoms in total. The van der Waals surface area contributed by atoms with Crippen molar-refractivity contribution in [3.63, 3.8) is 0 Å². The number of hydrogen-bond donors (Lipinski definition) is 1. The molecule has 0 bridgehead atoms. The Morgan fingerprint density at radius 1 is 1.29 bits per heavy atom. The van der Waals surface area contributed by atoms with Crippen LogP contribution in [0.5, 0.6) is 0 Å². The van der Waals surface area contributed by atoms with Crippen LogP contribution in [-0.4, -0.2) is 31.7 Å². The number of hydrogen-bond acceptors (Lipinski definition) is 6. The van der Waals surface area contributed by atoms with E-state index in [1.54, 1.807) is 45.8 Å². The van der Waals surface area contributed by atoms with Gasteiger partial charge in [0.15, 0.2) is 5.16 Å². The molecule has 3 aromatic rings. The molecular weight excluding hydrogens is 432 g/mol. The zero-order chi connectivity index (χ0) is 22.0. The Hall–Kier alpha value is -2.39. The van der Waals surface area contributed by atoms with Gasteiger partial charge in [-0.15, -0.1) is 11.3 Å². The summed E-state index contributed by atoms with van der Waals surface area (Å²) in [5.41, 5.74) is 1.59. The molecule has 0 aromatic carbocycles. The van der Waals surface area contributed by atoms with Crippen LogP contribution in [0, 0.1) is 0 Å². The largest absolute Gasteiger partial charge is 0.347 e. The number of carbonyl (C=O) groups is 2. The average molecular weight is 459 g/mol. The zero-order valence-corrected chi connectivity index (χ0v) is 19.4. The lowest BCUT2D eigenvalue weighted by molar-refractivity contribution is -0.117. The highest BCUT2D eigenvalue weighted by Gasteiger charge is 2.23. The van der Waals surface area contributed by atoms with Crippen molar-refractivity contribution in [2.24, 2.45) is 7.05 Å². The third-order valence-electron chi connectivity index (χ3n) is 5.54. The minimum atomic E-state index is -0.434. The van der Waals surface area contributed by atoms with E-state index in [9.17, 15) is 14.4 Å². The normalized spacial score (nSPS) is 13.0. The van der Waals surface area contributed by atoms with E-state index in [0.29, 0.717) is 17.4 Å². The van der Waals surface area contributed by atoms with Gasteiger partial charge in [-0.05, 0) is 43.4 Å². The zero-order valence-electron chi connectivity index (χ0n) is 17.8. The van der Waals surface area contributed by atoms with E-state index in [1.807, 2.05) is 0 Å². The summed E-state index contributed by atoms with van der Waals surface area (Å²) >= 11 is 2.82. The van der Waals surface area contributed by atoms with Crippen LogP contribution in [-0.2, 0) is 31.2 Å². The van der Waals surface area contributed by atoms with Crippen molar-refractivity contribution < 1.29 is 9.59 Å². The number of aromatic nitrogens is 3. The van der Waals surface area contributed by atoms with E-state index in [2.05, 4.69) is 12.2 Å². The first-order valence-corrected chi connectivity index (χ1v) is 12.4. The Balaban J connectivity index is 1.55. The molecule has 9 heteroatoms. The number of thiophene rings is 1. The number of rotatable bonds is 8. The maximum Gasteiger partial charge on any atom is 0.274 e. The number of imide groups is 1. The molecule has 0 fully saturated rings. The van der Waals surface area contributed by atoms with Gasteiger partial charge in [0.2, 0.25) is 5.91 Å². The summed E-state index contributed by atoms with van der Waals surface area (Å²) in [5, 5.41) is 3.73. The van der Waals surface area contributed by atoms with Gasteiger partial charge in [0, 0.05) is 24.7 Å². The molecule has 3 aromatic heterocycles. The molecule has 0 atom stereocenters. The third kappa shape index (κ3) is 4.48. The van der Waals surface area contributed by atoms with Crippen molar-refractivity contribution in [1.82, 2.24) is 19.4 Å². The lowest BCUT2D eigenvalue weighted by Crippen LogP contribution is -2.33. The van der Waals surface area contributed by atoms with E-state index in [1.165, 1.54) is 22.2 Å². The number of aryl methyl sites for hydroxylation is 3. The Morgan fingerprint density at radius 2 is 2.13 bits per heavy atom. The highest BCUT2D eigenvalue weighted by atomic mass is 32.2. The minimum Gasteiger partial charge on any atom is -0.347 e. The molecule has 0 aliphatic heterocycles. The van der Waals surface area contributed by atoms with Crippen LogP contribution in [0.3, 0.4) is 0 Å². The fourth-order valence-electron chi connectivity index (χ4n) is 3.94. The van der Waals surface area contributed by atoms with Gasteiger partial charge in [0.1, 0.15) is 10.5 Å². The van der Waals surface area contributed by atoms with Crippen LogP contribution in [0.25, 0.3) is 10.2 Å². The van der Waals surface area contributed by atoms with Crippen molar-refractivity contribution in [3.8, 4) is 0 Å². The lowest BCUT2D eigenvalue weighted by atomic mass is 10.2. The van der Waals surface area contributed by atoms with Crippen molar-refractivity contribution in [2.45, 2.75) is 57.1 Å². The first-order valence-electron chi connectivity index (χ1n) is 10.6. The second-order valence-electron chi connectivity index (χ2n) is 7.77. The summed E-state index contributed by atoms with van der Waals surface area (Å²) < 4.78 is 3.38. The number of unbranched alkanes of at least 4 members (excludes halogenated alkanes) is 2. The summed E-state index contributed by atoms with van der Waals surface area (Å²) in [7, 11) is 1.75. The molecule has 0 radical (unpaired) electrons. The molecule has 0 saturated carbocycles. The SMILES string of the molecule is CCCCCn1c(SCC(=O)NC(=O)c2cccn2C)nc2sc3c(c2c1=O)CCC3. The highest BCUT2D eigenvalue weighted by molar-refractivity contribution is 7.99. The molecule has 31 heavy (non-hydrogen) atoms. The van der Waals surface area contributed by atoms with Gasteiger partial charge in [-0.3, -0.25) is 24.3 Å². The second-order valence-corrected chi connectivity index (χ2v) is 9.79. The molecule has 164 valence electrons. The van der Waals surface area contributed by atoms with Crippen molar-refractivity contribution in [1.29, 1.82) is 0 Å². The maximum atomic E-state index is 13.3. The van der Waals surface area contributed by atoms with Crippen LogP contribution in [0.1, 0.15) is 53.5 Å². The van der Waals surface area contributed by atoms with Crippen LogP contribution in [0.2, 0.25) is 0 Å². The number of amides is 2. The van der Waals surface area contributed by atoms with E-state index >= 15 is 0 Å². The van der Waals surface area contributed by atoms with Gasteiger partial charge in [-0.1, -0.05) is 31.5 Å². The van der Waals surface area contributed by atoms with Gasteiger partial charge in [-0.25, -0.2) is 4.98 Å². The van der Waals surface area contributed by atoms with Gasteiger partial charge < -0.3 is 4.57 Å². The van der Waals surface area contributed by atoms with E-state index in [0.717, 1.165) is 48.7 Å².